The van der Waals surface area contributed by atoms with Crippen LogP contribution in [0.1, 0.15) is 39.7 Å². The highest BCUT2D eigenvalue weighted by Gasteiger charge is 2.58. The average Bonchev–Trinajstić information content (AvgIpc) is 2.57. The van der Waals surface area contributed by atoms with Gasteiger partial charge in [0.05, 0.1) is 16.7 Å². The fraction of sp³-hybridized carbons (Fsp3) is 0.647. The van der Waals surface area contributed by atoms with Crippen LogP contribution in [0.5, 0.6) is 0 Å². The van der Waals surface area contributed by atoms with Crippen molar-refractivity contribution >= 4 is 0 Å². The van der Waals surface area contributed by atoms with Crippen molar-refractivity contribution in [1.82, 2.24) is 4.90 Å². The Balaban J connectivity index is 2.31. The molecule has 1 fully saturated rings. The maximum Gasteiger partial charge on any atom is 0.127 e. The van der Waals surface area contributed by atoms with Crippen LogP contribution in [-0.4, -0.2) is 35.2 Å². The Morgan fingerprint density at radius 2 is 1.86 bits per heavy atom. The Labute approximate surface area is 127 Å². The van der Waals surface area contributed by atoms with Gasteiger partial charge < -0.3 is 10.5 Å². The van der Waals surface area contributed by atoms with E-state index >= 15 is 0 Å². The molecule has 1 aromatic carbocycles. The van der Waals surface area contributed by atoms with E-state index in [0.717, 1.165) is 6.42 Å². The van der Waals surface area contributed by atoms with Gasteiger partial charge >= 0.3 is 0 Å². The molecule has 0 saturated carbocycles. The Kier molecular flexibility index (Phi) is 4.17. The smallest absolute Gasteiger partial charge is 0.127 e. The summed E-state index contributed by atoms with van der Waals surface area (Å²) in [6.07, 6.45) is 0.828. The molecule has 1 heterocycles. The highest BCUT2D eigenvalue weighted by atomic mass is 19.1. The maximum atomic E-state index is 13.9. The molecular weight excluding hydrogens is 267 g/mol. The van der Waals surface area contributed by atoms with E-state index in [1.54, 1.807) is 6.07 Å². The van der Waals surface area contributed by atoms with Gasteiger partial charge in [-0.25, -0.2) is 4.39 Å². The van der Waals surface area contributed by atoms with Crippen LogP contribution in [0.4, 0.5) is 4.39 Å². The van der Waals surface area contributed by atoms with Crippen molar-refractivity contribution in [3.05, 3.63) is 35.6 Å². The largest absolute Gasteiger partial charge is 0.368 e. The van der Waals surface area contributed by atoms with E-state index in [1.807, 2.05) is 19.2 Å². The molecule has 0 amide bonds. The second kappa shape index (κ2) is 5.34. The van der Waals surface area contributed by atoms with E-state index in [1.165, 1.54) is 6.07 Å². The molecule has 0 aliphatic carbocycles. The summed E-state index contributed by atoms with van der Waals surface area (Å²) in [7, 11) is 2.01. The first-order valence-electron chi connectivity index (χ1n) is 7.48. The lowest BCUT2D eigenvalue weighted by atomic mass is 9.77. The summed E-state index contributed by atoms with van der Waals surface area (Å²) < 4.78 is 20.1. The number of benzene rings is 1. The number of nitrogens with zero attached hydrogens (tertiary/aromatic N) is 1. The lowest BCUT2D eigenvalue weighted by molar-refractivity contribution is -0.101. The van der Waals surface area contributed by atoms with Crippen LogP contribution in [0.2, 0.25) is 0 Å². The van der Waals surface area contributed by atoms with Gasteiger partial charge in [0.15, 0.2) is 0 Å². The third kappa shape index (κ3) is 2.85. The van der Waals surface area contributed by atoms with Crippen molar-refractivity contribution in [3.63, 3.8) is 0 Å². The molecule has 118 valence electrons. The van der Waals surface area contributed by atoms with Gasteiger partial charge in [0.25, 0.3) is 0 Å². The molecule has 1 aliphatic heterocycles. The van der Waals surface area contributed by atoms with Crippen molar-refractivity contribution in [2.75, 3.05) is 13.6 Å². The molecule has 0 spiro atoms. The van der Waals surface area contributed by atoms with E-state index in [0.29, 0.717) is 18.7 Å². The van der Waals surface area contributed by atoms with Gasteiger partial charge in [0, 0.05) is 18.7 Å². The second-order valence-corrected chi connectivity index (χ2v) is 7.23. The fourth-order valence-corrected chi connectivity index (χ4v) is 3.84. The molecule has 0 bridgehead atoms. The first kappa shape index (κ1) is 16.4. The van der Waals surface area contributed by atoms with E-state index < -0.39 is 0 Å². The summed E-state index contributed by atoms with van der Waals surface area (Å²) in [5.74, 6) is -0.174. The lowest BCUT2D eigenvalue weighted by Gasteiger charge is -2.46. The van der Waals surface area contributed by atoms with E-state index in [-0.39, 0.29) is 22.6 Å². The van der Waals surface area contributed by atoms with Gasteiger partial charge in [-0.05, 0) is 47.2 Å². The molecule has 1 aliphatic rings. The number of likely N-dealkylation sites (N-methyl/N-ethyl adjacent to an activating group) is 1. The van der Waals surface area contributed by atoms with Crippen molar-refractivity contribution in [3.8, 4) is 0 Å². The van der Waals surface area contributed by atoms with Crippen molar-refractivity contribution in [1.29, 1.82) is 0 Å². The van der Waals surface area contributed by atoms with Crippen LogP contribution < -0.4 is 5.73 Å². The van der Waals surface area contributed by atoms with Crippen molar-refractivity contribution in [2.45, 2.75) is 57.4 Å². The highest BCUT2D eigenvalue weighted by molar-refractivity contribution is 5.19. The molecule has 4 heteroatoms. The molecule has 1 atom stereocenters. The molecule has 3 nitrogen and oxygen atoms in total. The minimum atomic E-state index is -0.384. The van der Waals surface area contributed by atoms with Crippen LogP contribution in [0.3, 0.4) is 0 Å². The molecule has 1 unspecified atom stereocenters. The zero-order valence-electron chi connectivity index (χ0n) is 13.7. The quantitative estimate of drug-likeness (QED) is 0.928. The minimum absolute atomic E-state index is 0.174. The van der Waals surface area contributed by atoms with Crippen LogP contribution in [-0.2, 0) is 11.3 Å². The van der Waals surface area contributed by atoms with Gasteiger partial charge in [-0.15, -0.1) is 0 Å². The average molecular weight is 294 g/mol. The van der Waals surface area contributed by atoms with E-state index in [9.17, 15) is 4.39 Å². The number of halogens is 1. The zero-order valence-corrected chi connectivity index (χ0v) is 13.7. The molecule has 21 heavy (non-hydrogen) atoms. The minimum Gasteiger partial charge on any atom is -0.368 e. The van der Waals surface area contributed by atoms with Gasteiger partial charge in [-0.3, -0.25) is 4.90 Å². The SMILES string of the molecule is CN(Cc1ccccc1F)C1(CN)CC(C)(C)OC1(C)C. The normalized spacial score (nSPS) is 27.2. The van der Waals surface area contributed by atoms with Crippen molar-refractivity contribution in [2.24, 2.45) is 5.73 Å². The van der Waals surface area contributed by atoms with Gasteiger partial charge in [-0.2, -0.15) is 0 Å². The molecule has 0 aromatic heterocycles. The standard InChI is InChI=1S/C17H27FN2O/c1-15(2)11-17(12-19,16(3,4)21-15)20(5)10-13-8-6-7-9-14(13)18/h6-9H,10-12,19H2,1-5H3. The molecule has 2 rings (SSSR count). The van der Waals surface area contributed by atoms with Crippen LogP contribution in [0, 0.1) is 5.82 Å². The molecular formula is C17H27FN2O. The highest BCUT2D eigenvalue weighted by Crippen LogP contribution is 2.47. The Morgan fingerprint density at radius 1 is 1.24 bits per heavy atom. The predicted molar refractivity (Wildman–Crippen MR) is 83.5 cm³/mol. The molecule has 2 N–H and O–H groups in total. The fourth-order valence-electron chi connectivity index (χ4n) is 3.84. The molecule has 1 aromatic rings. The third-order valence-corrected chi connectivity index (χ3v) is 4.80. The van der Waals surface area contributed by atoms with E-state index in [2.05, 4.69) is 32.6 Å². The van der Waals surface area contributed by atoms with Crippen molar-refractivity contribution < 1.29 is 9.13 Å². The summed E-state index contributed by atoms with van der Waals surface area (Å²) in [5, 5.41) is 0. The Morgan fingerprint density at radius 3 is 2.33 bits per heavy atom. The topological polar surface area (TPSA) is 38.5 Å². The first-order chi connectivity index (χ1) is 9.63. The number of hydrogen-bond donors (Lipinski definition) is 1. The molecule has 0 radical (unpaired) electrons. The summed E-state index contributed by atoms with van der Waals surface area (Å²) >= 11 is 0. The summed E-state index contributed by atoms with van der Waals surface area (Å²) in [6.45, 7) is 9.33. The number of hydrogen-bond acceptors (Lipinski definition) is 3. The van der Waals surface area contributed by atoms with Crippen LogP contribution >= 0.6 is 0 Å². The molecule has 1 saturated heterocycles. The maximum absolute atomic E-state index is 13.9. The second-order valence-electron chi connectivity index (χ2n) is 7.23. The zero-order chi connectivity index (χ0) is 15.9. The monoisotopic (exact) mass is 294 g/mol. The Hall–Kier alpha value is -0.970. The lowest BCUT2D eigenvalue weighted by Crippen LogP contribution is -2.61. The third-order valence-electron chi connectivity index (χ3n) is 4.80. The summed E-state index contributed by atoms with van der Waals surface area (Å²) in [6, 6.07) is 6.90. The number of ether oxygens (including phenoxy) is 1. The summed E-state index contributed by atoms with van der Waals surface area (Å²) in [5.41, 5.74) is 5.91. The summed E-state index contributed by atoms with van der Waals surface area (Å²) in [4.78, 5) is 2.15. The number of nitrogens with two attached hydrogens (primary N) is 1. The Bertz CT molecular complexity index is 515. The van der Waals surface area contributed by atoms with E-state index in [4.69, 9.17) is 10.5 Å². The van der Waals surface area contributed by atoms with Gasteiger partial charge in [-0.1, -0.05) is 18.2 Å². The van der Waals surface area contributed by atoms with Gasteiger partial charge in [0.1, 0.15) is 5.82 Å². The number of rotatable bonds is 4. The van der Waals surface area contributed by atoms with Crippen LogP contribution in [0.25, 0.3) is 0 Å². The first-order valence-corrected chi connectivity index (χ1v) is 7.48. The van der Waals surface area contributed by atoms with Gasteiger partial charge in [0.2, 0.25) is 0 Å². The van der Waals surface area contributed by atoms with Crippen LogP contribution in [0.15, 0.2) is 24.3 Å². The predicted octanol–water partition coefficient (Wildman–Crippen LogP) is 2.93.